The summed E-state index contributed by atoms with van der Waals surface area (Å²) in [6.45, 7) is 2.21. The molecule has 2 unspecified atom stereocenters. The minimum atomic E-state index is -4.89. The van der Waals surface area contributed by atoms with E-state index in [1.54, 1.807) is 4.90 Å². The maximum absolute atomic E-state index is 13.4. The summed E-state index contributed by atoms with van der Waals surface area (Å²) in [5, 5.41) is 12.7. The average Bonchev–Trinajstić information content (AvgIpc) is 2.92. The van der Waals surface area contributed by atoms with Crippen LogP contribution in [0.25, 0.3) is 0 Å². The quantitative estimate of drug-likeness (QED) is 0.876. The average molecular weight is 348 g/mol. The van der Waals surface area contributed by atoms with Crippen LogP contribution in [-0.2, 0) is 12.6 Å². The van der Waals surface area contributed by atoms with E-state index in [1.807, 2.05) is 6.92 Å². The third kappa shape index (κ3) is 3.66. The van der Waals surface area contributed by atoms with Gasteiger partial charge in [-0.3, -0.25) is 0 Å². The third-order valence-corrected chi connectivity index (χ3v) is 4.49. The number of piperidine rings is 1. The lowest BCUT2D eigenvalue weighted by atomic mass is 9.97. The zero-order valence-corrected chi connectivity index (χ0v) is 13.8. The summed E-state index contributed by atoms with van der Waals surface area (Å²) in [6.07, 6.45) is -0.257. The molecular weight excluding hydrogens is 325 g/mol. The number of alkyl halides is 3. The second-order valence-corrected chi connectivity index (χ2v) is 6.24. The van der Waals surface area contributed by atoms with Crippen molar-refractivity contribution < 1.29 is 23.1 Å². The fraction of sp³-hybridized carbons (Fsp3) is 0.733. The number of nitrogens with one attached hydrogen (secondary N) is 1. The molecule has 0 bridgehead atoms. The van der Waals surface area contributed by atoms with Crippen molar-refractivity contribution >= 4 is 6.03 Å². The normalized spacial score (nSPS) is 21.4. The first-order valence-electron chi connectivity index (χ1n) is 7.98. The molecule has 136 valence electrons. The molecule has 2 rings (SSSR count). The predicted octanol–water partition coefficient (Wildman–Crippen LogP) is 2.14. The van der Waals surface area contributed by atoms with Gasteiger partial charge in [0, 0.05) is 45.0 Å². The number of carbonyl (C=O) groups is 1. The Hall–Kier alpha value is -1.77. The molecule has 0 radical (unpaired) electrons. The summed E-state index contributed by atoms with van der Waals surface area (Å²) < 4.78 is 41.2. The molecule has 1 saturated heterocycles. The van der Waals surface area contributed by atoms with Crippen molar-refractivity contribution in [1.29, 1.82) is 0 Å². The Morgan fingerprint density at radius 3 is 2.71 bits per heavy atom. The van der Waals surface area contributed by atoms with Crippen LogP contribution < -0.4 is 5.32 Å². The lowest BCUT2D eigenvalue weighted by Gasteiger charge is -2.34. The summed E-state index contributed by atoms with van der Waals surface area (Å²) >= 11 is 0. The van der Waals surface area contributed by atoms with E-state index < -0.39 is 30.1 Å². The number of amides is 2. The number of rotatable bonds is 4. The summed E-state index contributed by atoms with van der Waals surface area (Å²) in [6, 6.07) is -0.332. The van der Waals surface area contributed by atoms with Crippen molar-refractivity contribution in [3.63, 3.8) is 0 Å². The standard InChI is InChI=1S/C15H23F3N4O2/c1-11-5-3-4-9-22(11)13(23)20-7-6-14(24,15(16,17)18)12-19-8-10-21(12)2/h8,10-11,24H,3-7,9H2,1-2H3,(H,20,23). The molecule has 1 aliphatic heterocycles. The summed E-state index contributed by atoms with van der Waals surface area (Å²) in [5.74, 6) is -0.490. The lowest BCUT2D eigenvalue weighted by molar-refractivity contribution is -0.272. The summed E-state index contributed by atoms with van der Waals surface area (Å²) in [5.41, 5.74) is -3.11. The van der Waals surface area contributed by atoms with Gasteiger partial charge < -0.3 is 19.9 Å². The molecule has 0 aliphatic carbocycles. The molecular formula is C15H23F3N4O2. The molecule has 1 fully saturated rings. The molecule has 0 aromatic carbocycles. The largest absolute Gasteiger partial charge is 0.424 e. The maximum atomic E-state index is 13.4. The number of aryl methyl sites for hydroxylation is 1. The molecule has 2 atom stereocenters. The van der Waals surface area contributed by atoms with Crippen molar-refractivity contribution in [3.05, 3.63) is 18.2 Å². The van der Waals surface area contributed by atoms with E-state index in [0.717, 1.165) is 23.8 Å². The van der Waals surface area contributed by atoms with E-state index in [1.165, 1.54) is 19.4 Å². The number of aromatic nitrogens is 2. The van der Waals surface area contributed by atoms with Gasteiger partial charge in [-0.05, 0) is 26.2 Å². The highest BCUT2D eigenvalue weighted by Crippen LogP contribution is 2.40. The van der Waals surface area contributed by atoms with Crippen LogP contribution in [0.1, 0.15) is 38.4 Å². The van der Waals surface area contributed by atoms with Gasteiger partial charge in [0.2, 0.25) is 5.60 Å². The molecule has 2 amide bonds. The number of imidazole rings is 1. The number of nitrogens with zero attached hydrogens (tertiary/aromatic N) is 3. The van der Waals surface area contributed by atoms with Crippen LogP contribution in [0.3, 0.4) is 0 Å². The van der Waals surface area contributed by atoms with Crippen molar-refractivity contribution in [2.24, 2.45) is 7.05 Å². The minimum absolute atomic E-state index is 0.0646. The Balaban J connectivity index is 2.02. The van der Waals surface area contributed by atoms with Gasteiger partial charge in [-0.2, -0.15) is 13.2 Å². The Kier molecular flexibility index (Phi) is 5.42. The van der Waals surface area contributed by atoms with Crippen molar-refractivity contribution in [3.8, 4) is 0 Å². The molecule has 1 aromatic heterocycles. The Morgan fingerprint density at radius 1 is 1.46 bits per heavy atom. The first-order chi connectivity index (χ1) is 11.2. The van der Waals surface area contributed by atoms with Crippen LogP contribution in [0.15, 0.2) is 12.4 Å². The molecule has 0 spiro atoms. The van der Waals surface area contributed by atoms with Gasteiger partial charge in [0.25, 0.3) is 0 Å². The van der Waals surface area contributed by atoms with Gasteiger partial charge in [-0.1, -0.05) is 0 Å². The predicted molar refractivity (Wildman–Crippen MR) is 81.2 cm³/mol. The van der Waals surface area contributed by atoms with Gasteiger partial charge in [0.05, 0.1) is 0 Å². The van der Waals surface area contributed by atoms with E-state index in [2.05, 4.69) is 10.3 Å². The van der Waals surface area contributed by atoms with Gasteiger partial charge >= 0.3 is 12.2 Å². The van der Waals surface area contributed by atoms with Crippen LogP contribution in [0.5, 0.6) is 0 Å². The van der Waals surface area contributed by atoms with Gasteiger partial charge in [-0.25, -0.2) is 9.78 Å². The number of aliphatic hydroxyl groups is 1. The summed E-state index contributed by atoms with van der Waals surface area (Å²) in [7, 11) is 1.38. The Morgan fingerprint density at radius 2 is 2.17 bits per heavy atom. The highest BCUT2D eigenvalue weighted by Gasteiger charge is 2.57. The van der Waals surface area contributed by atoms with E-state index in [4.69, 9.17) is 0 Å². The fourth-order valence-electron chi connectivity index (χ4n) is 3.00. The molecule has 0 saturated carbocycles. The van der Waals surface area contributed by atoms with Crippen molar-refractivity contribution in [1.82, 2.24) is 19.8 Å². The smallest absolute Gasteiger partial charge is 0.374 e. The lowest BCUT2D eigenvalue weighted by Crippen LogP contribution is -2.50. The second-order valence-electron chi connectivity index (χ2n) is 6.24. The van der Waals surface area contributed by atoms with Gasteiger partial charge in [-0.15, -0.1) is 0 Å². The Bertz CT molecular complexity index is 575. The third-order valence-electron chi connectivity index (χ3n) is 4.49. The first-order valence-corrected chi connectivity index (χ1v) is 7.98. The molecule has 9 heteroatoms. The van der Waals surface area contributed by atoms with E-state index in [0.29, 0.717) is 6.54 Å². The van der Waals surface area contributed by atoms with Crippen LogP contribution in [0.2, 0.25) is 0 Å². The molecule has 2 N–H and O–H groups in total. The van der Waals surface area contributed by atoms with E-state index in [-0.39, 0.29) is 12.6 Å². The van der Waals surface area contributed by atoms with Gasteiger partial charge in [0.15, 0.2) is 0 Å². The van der Waals surface area contributed by atoms with Crippen LogP contribution in [0.4, 0.5) is 18.0 Å². The second kappa shape index (κ2) is 7.00. The number of hydrogen-bond acceptors (Lipinski definition) is 3. The van der Waals surface area contributed by atoms with Gasteiger partial charge in [0.1, 0.15) is 5.82 Å². The molecule has 1 aromatic rings. The Labute approximate surface area is 138 Å². The van der Waals surface area contributed by atoms with Crippen LogP contribution in [0, 0.1) is 0 Å². The van der Waals surface area contributed by atoms with E-state index >= 15 is 0 Å². The SMILES string of the molecule is CC1CCCCN1C(=O)NCCC(O)(c1nccn1C)C(F)(F)F. The van der Waals surface area contributed by atoms with Crippen LogP contribution in [-0.4, -0.2) is 50.9 Å². The highest BCUT2D eigenvalue weighted by atomic mass is 19.4. The number of urea groups is 1. The maximum Gasteiger partial charge on any atom is 0.424 e. The molecule has 24 heavy (non-hydrogen) atoms. The first kappa shape index (κ1) is 18.6. The minimum Gasteiger partial charge on any atom is -0.374 e. The number of likely N-dealkylation sites (tertiary alicyclic amines) is 1. The molecule has 1 aliphatic rings. The molecule has 2 heterocycles. The topological polar surface area (TPSA) is 70.4 Å². The highest BCUT2D eigenvalue weighted by molar-refractivity contribution is 5.74. The monoisotopic (exact) mass is 348 g/mol. The zero-order valence-electron chi connectivity index (χ0n) is 13.8. The summed E-state index contributed by atoms with van der Waals surface area (Å²) in [4.78, 5) is 17.4. The van der Waals surface area contributed by atoms with Crippen LogP contribution >= 0.6 is 0 Å². The van der Waals surface area contributed by atoms with E-state index in [9.17, 15) is 23.1 Å². The number of halogens is 3. The molecule has 6 nitrogen and oxygen atoms in total. The van der Waals surface area contributed by atoms with Crippen molar-refractivity contribution in [2.75, 3.05) is 13.1 Å². The number of hydrogen-bond donors (Lipinski definition) is 2. The zero-order chi connectivity index (χ0) is 18.0. The number of carbonyl (C=O) groups excluding carboxylic acids is 1. The van der Waals surface area contributed by atoms with Crippen molar-refractivity contribution in [2.45, 2.75) is 50.4 Å². The fourth-order valence-corrected chi connectivity index (χ4v) is 3.00.